The molecule has 0 bridgehead atoms. The lowest BCUT2D eigenvalue weighted by atomic mass is 9.82. The number of benzene rings is 1. The SMILES string of the molecule is CCCc1cccc(C(CCC)(CCC)S(=O)(=O)O)c1CCC. The third kappa shape index (κ3) is 4.36. The van der Waals surface area contributed by atoms with Crippen molar-refractivity contribution in [3.05, 3.63) is 34.9 Å². The molecule has 0 heterocycles. The van der Waals surface area contributed by atoms with Gasteiger partial charge in [-0.2, -0.15) is 8.42 Å². The van der Waals surface area contributed by atoms with Crippen LogP contribution in [0.2, 0.25) is 0 Å². The van der Waals surface area contributed by atoms with Crippen molar-refractivity contribution in [1.29, 1.82) is 0 Å². The standard InChI is InChI=1S/C19H32O3S/c1-5-10-16-12-9-13-18(17(16)11-6-2)19(14-7-3,15-8-4)23(20,21)22/h9,12-13H,5-8,10-11,14-15H2,1-4H3,(H,20,21,22). The average Bonchev–Trinajstić information content (AvgIpc) is 2.48. The molecular formula is C19H32O3S. The fourth-order valence-corrected chi connectivity index (χ4v) is 5.10. The van der Waals surface area contributed by atoms with Crippen molar-refractivity contribution in [2.24, 2.45) is 0 Å². The Hall–Kier alpha value is -0.870. The van der Waals surface area contributed by atoms with Gasteiger partial charge < -0.3 is 0 Å². The van der Waals surface area contributed by atoms with Gasteiger partial charge in [-0.15, -0.1) is 0 Å². The van der Waals surface area contributed by atoms with E-state index in [1.807, 2.05) is 26.0 Å². The summed E-state index contributed by atoms with van der Waals surface area (Å²) in [6, 6.07) is 5.97. The molecule has 0 aliphatic rings. The lowest BCUT2D eigenvalue weighted by molar-refractivity contribution is 0.389. The third-order valence-electron chi connectivity index (χ3n) is 4.58. The second-order valence-electron chi connectivity index (χ2n) is 6.41. The van der Waals surface area contributed by atoms with Gasteiger partial charge in [0.1, 0.15) is 4.75 Å². The fourth-order valence-electron chi connectivity index (χ4n) is 3.71. The van der Waals surface area contributed by atoms with Crippen molar-refractivity contribution in [3.8, 4) is 0 Å². The zero-order valence-corrected chi connectivity index (χ0v) is 15.9. The van der Waals surface area contributed by atoms with Crippen LogP contribution < -0.4 is 0 Å². The quantitative estimate of drug-likeness (QED) is 0.590. The number of hydrogen-bond donors (Lipinski definition) is 1. The van der Waals surface area contributed by atoms with Crippen molar-refractivity contribution in [2.45, 2.75) is 83.8 Å². The molecule has 0 fully saturated rings. The molecule has 1 rings (SSSR count). The molecule has 4 heteroatoms. The minimum absolute atomic E-state index is 0.464. The normalized spacial score (nSPS) is 12.6. The lowest BCUT2D eigenvalue weighted by Crippen LogP contribution is -2.37. The summed E-state index contributed by atoms with van der Waals surface area (Å²) in [5.74, 6) is 0. The van der Waals surface area contributed by atoms with Crippen molar-refractivity contribution in [1.82, 2.24) is 0 Å². The van der Waals surface area contributed by atoms with Gasteiger partial charge in [-0.05, 0) is 42.4 Å². The van der Waals surface area contributed by atoms with Crippen LogP contribution in [0.3, 0.4) is 0 Å². The van der Waals surface area contributed by atoms with Gasteiger partial charge in [-0.3, -0.25) is 4.55 Å². The molecule has 0 aliphatic carbocycles. The van der Waals surface area contributed by atoms with E-state index in [4.69, 9.17) is 0 Å². The lowest BCUT2D eigenvalue weighted by Gasteiger charge is -2.33. The summed E-state index contributed by atoms with van der Waals surface area (Å²) in [7, 11) is -4.18. The molecule has 0 aromatic heterocycles. The highest BCUT2D eigenvalue weighted by Crippen LogP contribution is 2.42. The highest BCUT2D eigenvalue weighted by molar-refractivity contribution is 7.86. The fraction of sp³-hybridized carbons (Fsp3) is 0.684. The molecular weight excluding hydrogens is 308 g/mol. The molecule has 0 saturated carbocycles. The molecule has 0 saturated heterocycles. The number of hydrogen-bond acceptors (Lipinski definition) is 2. The molecule has 0 atom stereocenters. The van der Waals surface area contributed by atoms with E-state index < -0.39 is 14.9 Å². The van der Waals surface area contributed by atoms with Gasteiger partial charge in [0.25, 0.3) is 10.1 Å². The van der Waals surface area contributed by atoms with Crippen molar-refractivity contribution < 1.29 is 13.0 Å². The second kappa shape index (κ2) is 8.84. The van der Waals surface area contributed by atoms with E-state index in [-0.39, 0.29) is 0 Å². The first-order valence-corrected chi connectivity index (χ1v) is 10.4. The van der Waals surface area contributed by atoms with Gasteiger partial charge in [0.2, 0.25) is 0 Å². The maximum absolute atomic E-state index is 12.4. The molecule has 0 spiro atoms. The summed E-state index contributed by atoms with van der Waals surface area (Å²) in [5, 5.41) is 0. The molecule has 3 nitrogen and oxygen atoms in total. The molecule has 1 aromatic carbocycles. The molecule has 23 heavy (non-hydrogen) atoms. The van der Waals surface area contributed by atoms with Crippen LogP contribution in [0, 0.1) is 0 Å². The first-order valence-electron chi connectivity index (χ1n) is 8.96. The van der Waals surface area contributed by atoms with E-state index >= 15 is 0 Å². The summed E-state index contributed by atoms with van der Waals surface area (Å²) in [6.45, 7) is 8.20. The maximum atomic E-state index is 12.4. The predicted molar refractivity (Wildman–Crippen MR) is 97.5 cm³/mol. The summed E-state index contributed by atoms with van der Waals surface area (Å²) in [5.41, 5.74) is 3.19. The molecule has 0 unspecified atom stereocenters. The van der Waals surface area contributed by atoms with E-state index in [2.05, 4.69) is 19.9 Å². The van der Waals surface area contributed by atoms with Crippen LogP contribution in [0.25, 0.3) is 0 Å². The Morgan fingerprint density at radius 2 is 1.48 bits per heavy atom. The molecule has 0 radical (unpaired) electrons. The summed E-state index contributed by atoms with van der Waals surface area (Å²) < 4.78 is 33.8. The molecule has 0 amide bonds. The average molecular weight is 341 g/mol. The summed E-state index contributed by atoms with van der Waals surface area (Å²) in [4.78, 5) is 0. The monoisotopic (exact) mass is 340 g/mol. The molecule has 1 aromatic rings. The largest absolute Gasteiger partial charge is 0.285 e. The molecule has 0 aliphatic heterocycles. The van der Waals surface area contributed by atoms with E-state index in [1.54, 1.807) is 0 Å². The van der Waals surface area contributed by atoms with Crippen molar-refractivity contribution in [3.63, 3.8) is 0 Å². The highest BCUT2D eigenvalue weighted by Gasteiger charge is 2.44. The van der Waals surface area contributed by atoms with E-state index in [9.17, 15) is 13.0 Å². The first-order chi connectivity index (χ1) is 10.9. The van der Waals surface area contributed by atoms with Crippen LogP contribution in [0.15, 0.2) is 18.2 Å². The Morgan fingerprint density at radius 1 is 0.913 bits per heavy atom. The number of rotatable bonds is 10. The Bertz CT molecular complexity index is 585. The van der Waals surface area contributed by atoms with Crippen molar-refractivity contribution >= 4 is 10.1 Å². The smallest absolute Gasteiger partial charge is 0.274 e. The molecule has 1 N–H and O–H groups in total. The van der Waals surface area contributed by atoms with Gasteiger partial charge >= 0.3 is 0 Å². The zero-order chi connectivity index (χ0) is 17.5. The predicted octanol–water partition coefficient (Wildman–Crippen LogP) is 5.27. The zero-order valence-electron chi connectivity index (χ0n) is 15.1. The van der Waals surface area contributed by atoms with Crippen LogP contribution in [0.1, 0.15) is 82.9 Å². The minimum atomic E-state index is -4.18. The van der Waals surface area contributed by atoms with Crippen LogP contribution in [-0.4, -0.2) is 13.0 Å². The Labute approximate surface area is 142 Å². The second-order valence-corrected chi connectivity index (χ2v) is 8.14. The topological polar surface area (TPSA) is 54.4 Å². The van der Waals surface area contributed by atoms with Gasteiger partial charge in [0.15, 0.2) is 0 Å². The highest BCUT2D eigenvalue weighted by atomic mass is 32.2. The summed E-state index contributed by atoms with van der Waals surface area (Å²) in [6.07, 6.45) is 6.18. The van der Waals surface area contributed by atoms with Gasteiger partial charge in [-0.25, -0.2) is 0 Å². The Kier molecular flexibility index (Phi) is 7.75. The summed E-state index contributed by atoms with van der Waals surface area (Å²) >= 11 is 0. The van der Waals surface area contributed by atoms with E-state index in [1.165, 1.54) is 5.56 Å². The van der Waals surface area contributed by atoms with Gasteiger partial charge in [0.05, 0.1) is 0 Å². The van der Waals surface area contributed by atoms with Crippen LogP contribution in [0.4, 0.5) is 0 Å². The van der Waals surface area contributed by atoms with Crippen LogP contribution in [-0.2, 0) is 27.7 Å². The van der Waals surface area contributed by atoms with E-state index in [0.29, 0.717) is 12.8 Å². The van der Waals surface area contributed by atoms with E-state index in [0.717, 1.165) is 49.7 Å². The third-order valence-corrected chi connectivity index (χ3v) is 6.20. The van der Waals surface area contributed by atoms with Crippen LogP contribution in [0.5, 0.6) is 0 Å². The Balaban J connectivity index is 3.67. The van der Waals surface area contributed by atoms with Crippen molar-refractivity contribution in [2.75, 3.05) is 0 Å². The van der Waals surface area contributed by atoms with Gasteiger partial charge in [-0.1, -0.05) is 71.6 Å². The maximum Gasteiger partial charge on any atom is 0.274 e. The Morgan fingerprint density at radius 3 is 1.91 bits per heavy atom. The molecule has 132 valence electrons. The first kappa shape index (κ1) is 20.2. The van der Waals surface area contributed by atoms with Gasteiger partial charge in [0, 0.05) is 0 Å². The minimum Gasteiger partial charge on any atom is -0.285 e. The number of aryl methyl sites for hydroxylation is 1. The van der Waals surface area contributed by atoms with Crippen LogP contribution >= 0.6 is 0 Å².